The summed E-state index contributed by atoms with van der Waals surface area (Å²) >= 11 is 1.46. The van der Waals surface area contributed by atoms with Crippen LogP contribution in [-0.4, -0.2) is 18.2 Å². The molecule has 0 aliphatic heterocycles. The molecule has 0 radical (unpaired) electrons. The molecule has 0 aromatic carbocycles. The van der Waals surface area contributed by atoms with E-state index in [0.29, 0.717) is 13.2 Å². The van der Waals surface area contributed by atoms with Crippen LogP contribution in [0, 0.1) is 0 Å². The Labute approximate surface area is 87.8 Å². The molecule has 0 aliphatic carbocycles. The van der Waals surface area contributed by atoms with Gasteiger partial charge in [0.05, 0.1) is 13.2 Å². The Hall–Kier alpha value is -0.220. The maximum Gasteiger partial charge on any atom is 0.337 e. The lowest BCUT2D eigenvalue weighted by Crippen LogP contribution is -1.98. The summed E-state index contributed by atoms with van der Waals surface area (Å²) < 4.78 is 22.3. The van der Waals surface area contributed by atoms with Gasteiger partial charge in [-0.2, -0.15) is 0 Å². The average molecular weight is 235 g/mol. The predicted molar refractivity (Wildman–Crippen MR) is 56.7 cm³/mol. The molecule has 4 nitrogen and oxygen atoms in total. The highest BCUT2D eigenvalue weighted by Crippen LogP contribution is 2.51. The molecular weight excluding hydrogens is 221 g/mol. The quantitative estimate of drug-likeness (QED) is 0.711. The zero-order valence-electron chi connectivity index (χ0n) is 8.30. The molecule has 0 spiro atoms. The molecule has 1 aromatic heterocycles. The van der Waals surface area contributed by atoms with Gasteiger partial charge < -0.3 is 9.05 Å². The lowest BCUT2D eigenvalue weighted by Gasteiger charge is -2.15. The van der Waals surface area contributed by atoms with E-state index in [1.165, 1.54) is 11.3 Å². The number of nitrogens with zero attached hydrogens (tertiary/aromatic N) is 1. The smallest absolute Gasteiger partial charge is 0.309 e. The molecule has 0 saturated heterocycles. The summed E-state index contributed by atoms with van der Waals surface area (Å²) in [5, 5.41) is 2.63. The van der Waals surface area contributed by atoms with Gasteiger partial charge in [-0.15, -0.1) is 11.3 Å². The molecule has 14 heavy (non-hydrogen) atoms. The number of rotatable bonds is 6. The Balaban J connectivity index is 2.64. The summed E-state index contributed by atoms with van der Waals surface area (Å²) in [6.45, 7) is 4.38. The van der Waals surface area contributed by atoms with Gasteiger partial charge in [-0.05, 0) is 13.8 Å². The zero-order valence-corrected chi connectivity index (χ0v) is 10.0. The molecule has 0 atom stereocenters. The van der Waals surface area contributed by atoms with E-state index in [1.54, 1.807) is 20.0 Å². The van der Waals surface area contributed by atoms with E-state index in [1.807, 2.05) is 5.38 Å². The van der Waals surface area contributed by atoms with Gasteiger partial charge in [0.25, 0.3) is 0 Å². The van der Waals surface area contributed by atoms with Crippen LogP contribution in [0.25, 0.3) is 0 Å². The van der Waals surface area contributed by atoms with E-state index in [-0.39, 0.29) is 6.16 Å². The standard InChI is InChI=1S/C8H14NO3PS/c1-3-11-13(10,12-4-2)7-8-9-5-6-14-8/h5-6H,3-4,7H2,1-2H3. The van der Waals surface area contributed by atoms with Gasteiger partial charge >= 0.3 is 7.60 Å². The number of thiazole rings is 1. The van der Waals surface area contributed by atoms with Crippen molar-refractivity contribution in [2.75, 3.05) is 13.2 Å². The molecule has 0 fully saturated rings. The Kier molecular flexibility index (Phi) is 4.75. The third-order valence-electron chi connectivity index (χ3n) is 1.46. The van der Waals surface area contributed by atoms with E-state index in [0.717, 1.165) is 5.01 Å². The molecule has 0 N–H and O–H groups in total. The highest BCUT2D eigenvalue weighted by molar-refractivity contribution is 7.53. The molecule has 0 amide bonds. The van der Waals surface area contributed by atoms with Crippen LogP contribution >= 0.6 is 18.9 Å². The van der Waals surface area contributed by atoms with Crippen LogP contribution in [0.3, 0.4) is 0 Å². The van der Waals surface area contributed by atoms with Crippen LogP contribution in [0.4, 0.5) is 0 Å². The summed E-state index contributed by atoms with van der Waals surface area (Å²) in [5.74, 6) is 0. The fourth-order valence-electron chi connectivity index (χ4n) is 1.02. The third kappa shape index (κ3) is 3.50. The molecule has 1 rings (SSSR count). The first kappa shape index (κ1) is 11.9. The first-order valence-electron chi connectivity index (χ1n) is 4.46. The second-order valence-electron chi connectivity index (χ2n) is 2.53. The molecule has 1 aromatic rings. The fraction of sp³-hybridized carbons (Fsp3) is 0.625. The Morgan fingerprint density at radius 1 is 1.43 bits per heavy atom. The second-order valence-corrected chi connectivity index (χ2v) is 5.56. The van der Waals surface area contributed by atoms with Crippen molar-refractivity contribution in [2.24, 2.45) is 0 Å². The van der Waals surface area contributed by atoms with Gasteiger partial charge in [0.15, 0.2) is 0 Å². The van der Waals surface area contributed by atoms with Gasteiger partial charge in [-0.1, -0.05) is 0 Å². The molecule has 80 valence electrons. The number of aromatic nitrogens is 1. The Morgan fingerprint density at radius 3 is 2.50 bits per heavy atom. The average Bonchev–Trinajstić information content (AvgIpc) is 2.57. The highest BCUT2D eigenvalue weighted by atomic mass is 32.1. The molecule has 0 bridgehead atoms. The third-order valence-corrected chi connectivity index (χ3v) is 4.45. The maximum absolute atomic E-state index is 12.0. The van der Waals surface area contributed by atoms with E-state index in [9.17, 15) is 4.57 Å². The van der Waals surface area contributed by atoms with E-state index in [4.69, 9.17) is 9.05 Å². The minimum absolute atomic E-state index is 0.270. The summed E-state index contributed by atoms with van der Waals surface area (Å²) in [6.07, 6.45) is 1.95. The van der Waals surface area contributed by atoms with Gasteiger partial charge in [-0.3, -0.25) is 4.57 Å². The number of hydrogen-bond donors (Lipinski definition) is 0. The van der Waals surface area contributed by atoms with E-state index >= 15 is 0 Å². The Morgan fingerprint density at radius 2 is 2.07 bits per heavy atom. The molecule has 0 saturated carbocycles. The van der Waals surface area contributed by atoms with Crippen LogP contribution in [0.2, 0.25) is 0 Å². The first-order chi connectivity index (χ1) is 6.70. The minimum atomic E-state index is -2.96. The highest BCUT2D eigenvalue weighted by Gasteiger charge is 2.25. The second kappa shape index (κ2) is 5.61. The maximum atomic E-state index is 12.0. The van der Waals surface area contributed by atoms with Crippen molar-refractivity contribution in [3.05, 3.63) is 16.6 Å². The Bertz CT molecular complexity index is 292. The van der Waals surface area contributed by atoms with Crippen LogP contribution < -0.4 is 0 Å². The molecule has 1 heterocycles. The summed E-state index contributed by atoms with van der Waals surface area (Å²) in [7, 11) is -2.96. The van der Waals surface area contributed by atoms with Gasteiger partial charge in [0.2, 0.25) is 0 Å². The number of hydrogen-bond acceptors (Lipinski definition) is 5. The molecule has 0 unspecified atom stereocenters. The van der Waals surface area contributed by atoms with E-state index < -0.39 is 7.60 Å². The summed E-state index contributed by atoms with van der Waals surface area (Å²) in [4.78, 5) is 4.05. The minimum Gasteiger partial charge on any atom is -0.309 e. The fourth-order valence-corrected chi connectivity index (χ4v) is 3.65. The first-order valence-corrected chi connectivity index (χ1v) is 7.07. The lowest BCUT2D eigenvalue weighted by molar-refractivity contribution is 0.219. The van der Waals surface area contributed by atoms with Crippen molar-refractivity contribution in [3.63, 3.8) is 0 Å². The van der Waals surface area contributed by atoms with Crippen molar-refractivity contribution in [1.82, 2.24) is 4.98 Å². The van der Waals surface area contributed by atoms with Crippen LogP contribution in [0.1, 0.15) is 18.9 Å². The van der Waals surface area contributed by atoms with Crippen LogP contribution in [0.15, 0.2) is 11.6 Å². The normalized spacial score (nSPS) is 11.9. The van der Waals surface area contributed by atoms with Gasteiger partial charge in [0.1, 0.15) is 11.2 Å². The van der Waals surface area contributed by atoms with Crippen molar-refractivity contribution in [3.8, 4) is 0 Å². The SMILES string of the molecule is CCOP(=O)(Cc1nccs1)OCC. The largest absolute Gasteiger partial charge is 0.337 e. The van der Waals surface area contributed by atoms with Gasteiger partial charge in [0, 0.05) is 11.6 Å². The van der Waals surface area contributed by atoms with Crippen molar-refractivity contribution >= 4 is 18.9 Å². The van der Waals surface area contributed by atoms with Crippen molar-refractivity contribution in [2.45, 2.75) is 20.0 Å². The van der Waals surface area contributed by atoms with Gasteiger partial charge in [-0.25, -0.2) is 4.98 Å². The summed E-state index contributed by atoms with van der Waals surface area (Å²) in [5.41, 5.74) is 0. The van der Waals surface area contributed by atoms with Crippen LogP contribution in [-0.2, 0) is 19.8 Å². The lowest BCUT2D eigenvalue weighted by atomic mass is 10.8. The van der Waals surface area contributed by atoms with Crippen molar-refractivity contribution in [1.29, 1.82) is 0 Å². The van der Waals surface area contributed by atoms with Crippen molar-refractivity contribution < 1.29 is 13.6 Å². The monoisotopic (exact) mass is 235 g/mol. The molecule has 6 heteroatoms. The van der Waals surface area contributed by atoms with Crippen LogP contribution in [0.5, 0.6) is 0 Å². The zero-order chi connectivity index (χ0) is 10.4. The molecular formula is C8H14NO3PS. The molecule has 0 aliphatic rings. The van der Waals surface area contributed by atoms with E-state index in [2.05, 4.69) is 4.98 Å². The summed E-state index contributed by atoms with van der Waals surface area (Å²) in [6, 6.07) is 0. The predicted octanol–water partition coefficient (Wildman–Crippen LogP) is 2.91. The topological polar surface area (TPSA) is 48.4 Å².